The summed E-state index contributed by atoms with van der Waals surface area (Å²) in [6.45, 7) is 2.17. The largest absolute Gasteiger partial charge is 0.464 e. The number of hydrogen-bond acceptors (Lipinski definition) is 2. The van der Waals surface area contributed by atoms with Crippen LogP contribution in [0.5, 0.6) is 0 Å². The van der Waals surface area contributed by atoms with Gasteiger partial charge in [-0.25, -0.2) is 0 Å². The van der Waals surface area contributed by atoms with Crippen LogP contribution in [0.25, 0.3) is 10.6 Å². The van der Waals surface area contributed by atoms with E-state index in [4.69, 9.17) is 4.42 Å². The summed E-state index contributed by atoms with van der Waals surface area (Å²) in [7, 11) is 0. The van der Waals surface area contributed by atoms with Gasteiger partial charge in [-0.05, 0) is 77.0 Å². The summed E-state index contributed by atoms with van der Waals surface area (Å²) in [6, 6.07) is 14.9. The number of rotatable bonds is 3. The molecule has 0 fully saturated rings. The molecule has 0 aliphatic carbocycles. The molecule has 1 aromatic carbocycles. The minimum atomic E-state index is 0.954. The van der Waals surface area contributed by atoms with Crippen molar-refractivity contribution < 1.29 is 4.42 Å². The van der Waals surface area contributed by atoms with Crippen LogP contribution in [0.15, 0.2) is 53.1 Å². The van der Waals surface area contributed by atoms with Crippen molar-refractivity contribution in [2.24, 2.45) is 0 Å². The molecule has 0 amide bonds. The van der Waals surface area contributed by atoms with E-state index in [1.165, 1.54) is 24.5 Å². The summed E-state index contributed by atoms with van der Waals surface area (Å²) in [6.07, 6.45) is 2.71. The van der Waals surface area contributed by atoms with E-state index in [1.807, 2.05) is 12.1 Å². The van der Waals surface area contributed by atoms with E-state index in [2.05, 4.69) is 59.8 Å². The van der Waals surface area contributed by atoms with Gasteiger partial charge in [-0.15, -0.1) is 11.3 Å². The molecule has 0 radical (unpaired) electrons. The summed E-state index contributed by atoms with van der Waals surface area (Å²) in [5.74, 6) is 0.954. The topological polar surface area (TPSA) is 13.1 Å². The Morgan fingerprint density at radius 2 is 2.05 bits per heavy atom. The summed E-state index contributed by atoms with van der Waals surface area (Å²) in [5.41, 5.74) is 2.76. The van der Waals surface area contributed by atoms with Crippen LogP contribution in [0.4, 0.5) is 0 Å². The van der Waals surface area contributed by atoms with E-state index < -0.39 is 0 Å². The monoisotopic (exact) mass is 380 g/mol. The lowest BCUT2D eigenvalue weighted by molar-refractivity contribution is 0.584. The van der Waals surface area contributed by atoms with Crippen LogP contribution in [0.1, 0.15) is 16.0 Å². The van der Waals surface area contributed by atoms with Crippen molar-refractivity contribution in [2.75, 3.05) is 0 Å². The third-order valence-corrected chi connectivity index (χ3v) is 4.87. The van der Waals surface area contributed by atoms with Gasteiger partial charge in [-0.3, -0.25) is 0 Å². The highest BCUT2D eigenvalue weighted by atomic mass is 127. The minimum absolute atomic E-state index is 0.954. The summed E-state index contributed by atoms with van der Waals surface area (Å²) >= 11 is 4.17. The number of aryl methyl sites for hydroxylation is 1. The fraction of sp³-hybridized carbons (Fsp3) is 0.125. The Labute approximate surface area is 130 Å². The number of hydrogen-bond donors (Lipinski definition) is 0. The molecule has 0 unspecified atom stereocenters. The molecule has 3 heteroatoms. The molecule has 96 valence electrons. The Balaban J connectivity index is 1.86. The molecular weight excluding hydrogens is 367 g/mol. The molecule has 3 rings (SSSR count). The van der Waals surface area contributed by atoms with Gasteiger partial charge in [0.1, 0.15) is 5.76 Å². The van der Waals surface area contributed by atoms with E-state index in [1.54, 1.807) is 17.6 Å². The summed E-state index contributed by atoms with van der Waals surface area (Å²) in [4.78, 5) is 2.57. The quantitative estimate of drug-likeness (QED) is 0.546. The third kappa shape index (κ3) is 2.92. The molecule has 0 saturated carbocycles. The molecule has 2 heterocycles. The van der Waals surface area contributed by atoms with Gasteiger partial charge < -0.3 is 4.42 Å². The number of thiophene rings is 1. The van der Waals surface area contributed by atoms with E-state index in [0.717, 1.165) is 12.2 Å². The molecule has 0 N–H and O–H groups in total. The van der Waals surface area contributed by atoms with E-state index in [9.17, 15) is 0 Å². The molecule has 0 bridgehead atoms. The van der Waals surface area contributed by atoms with Gasteiger partial charge in [0.15, 0.2) is 0 Å². The Kier molecular flexibility index (Phi) is 3.75. The number of furan rings is 1. The van der Waals surface area contributed by atoms with Gasteiger partial charge in [0.05, 0.1) is 11.1 Å². The van der Waals surface area contributed by atoms with E-state index >= 15 is 0 Å². The smallest absolute Gasteiger partial charge is 0.143 e. The van der Waals surface area contributed by atoms with Gasteiger partial charge in [0.2, 0.25) is 0 Å². The van der Waals surface area contributed by atoms with Crippen molar-refractivity contribution in [3.05, 3.63) is 68.3 Å². The highest BCUT2D eigenvalue weighted by molar-refractivity contribution is 14.1. The van der Waals surface area contributed by atoms with Crippen molar-refractivity contribution in [2.45, 2.75) is 13.3 Å². The molecule has 0 atom stereocenters. The van der Waals surface area contributed by atoms with Gasteiger partial charge >= 0.3 is 0 Å². The van der Waals surface area contributed by atoms with Gasteiger partial charge in [-0.2, -0.15) is 0 Å². The predicted molar refractivity (Wildman–Crippen MR) is 88.7 cm³/mol. The minimum Gasteiger partial charge on any atom is -0.464 e. The molecular formula is C16H13IOS. The van der Waals surface area contributed by atoms with Crippen LogP contribution < -0.4 is 0 Å². The maximum Gasteiger partial charge on any atom is 0.143 e. The fourth-order valence-corrected chi connectivity index (χ4v) is 3.60. The zero-order chi connectivity index (χ0) is 13.2. The van der Waals surface area contributed by atoms with Crippen LogP contribution in [-0.2, 0) is 6.42 Å². The van der Waals surface area contributed by atoms with Gasteiger partial charge in [0.25, 0.3) is 0 Å². The van der Waals surface area contributed by atoms with Crippen LogP contribution in [0.2, 0.25) is 0 Å². The molecule has 0 aliphatic heterocycles. The van der Waals surface area contributed by atoms with Gasteiger partial charge in [0, 0.05) is 14.9 Å². The molecule has 0 spiro atoms. The Bertz CT molecular complexity index is 683. The normalized spacial score (nSPS) is 10.8. The summed E-state index contributed by atoms with van der Waals surface area (Å²) in [5, 5.41) is 0. The van der Waals surface area contributed by atoms with E-state index in [-0.39, 0.29) is 0 Å². The first-order chi connectivity index (χ1) is 9.22. The highest BCUT2D eigenvalue weighted by Gasteiger charge is 2.07. The third-order valence-electron chi connectivity index (χ3n) is 3.10. The van der Waals surface area contributed by atoms with Crippen molar-refractivity contribution >= 4 is 33.9 Å². The Morgan fingerprint density at radius 1 is 1.16 bits per heavy atom. The van der Waals surface area contributed by atoms with Crippen molar-refractivity contribution in [3.8, 4) is 10.6 Å². The number of halogens is 1. The predicted octanol–water partition coefficient (Wildman–Crippen LogP) is 5.51. The van der Waals surface area contributed by atoms with Crippen LogP contribution in [-0.4, -0.2) is 0 Å². The maximum atomic E-state index is 5.44. The second kappa shape index (κ2) is 5.51. The number of benzene rings is 1. The first-order valence-electron chi connectivity index (χ1n) is 6.10. The van der Waals surface area contributed by atoms with Crippen molar-refractivity contribution in [1.29, 1.82) is 0 Å². The van der Waals surface area contributed by atoms with Crippen molar-refractivity contribution in [1.82, 2.24) is 0 Å². The molecule has 0 saturated heterocycles. The lowest BCUT2D eigenvalue weighted by Gasteiger charge is -2.04. The van der Waals surface area contributed by atoms with Crippen LogP contribution in [0, 0.1) is 10.5 Å². The average Bonchev–Trinajstić information content (AvgIpc) is 3.04. The standard InChI is InChI=1S/C16H13IOS/c1-11-4-5-13(17)9-12(11)10-14-6-7-16(19-14)15-3-2-8-18-15/h2-9H,10H2,1H3. The lowest BCUT2D eigenvalue weighted by Crippen LogP contribution is -1.90. The summed E-state index contributed by atoms with van der Waals surface area (Å²) < 4.78 is 6.73. The van der Waals surface area contributed by atoms with E-state index in [0.29, 0.717) is 0 Å². The average molecular weight is 380 g/mol. The second-order valence-electron chi connectivity index (χ2n) is 4.49. The van der Waals surface area contributed by atoms with Gasteiger partial charge in [-0.1, -0.05) is 6.07 Å². The lowest BCUT2D eigenvalue weighted by atomic mass is 10.1. The highest BCUT2D eigenvalue weighted by Crippen LogP contribution is 2.30. The van der Waals surface area contributed by atoms with Crippen molar-refractivity contribution in [3.63, 3.8) is 0 Å². The fourth-order valence-electron chi connectivity index (χ4n) is 2.04. The first kappa shape index (κ1) is 12.9. The first-order valence-corrected chi connectivity index (χ1v) is 7.99. The molecule has 0 aliphatic rings. The molecule has 1 nitrogen and oxygen atoms in total. The molecule has 3 aromatic rings. The SMILES string of the molecule is Cc1ccc(I)cc1Cc1ccc(-c2ccco2)s1. The zero-order valence-electron chi connectivity index (χ0n) is 10.5. The Morgan fingerprint density at radius 3 is 2.84 bits per heavy atom. The maximum absolute atomic E-state index is 5.44. The molecule has 19 heavy (non-hydrogen) atoms. The van der Waals surface area contributed by atoms with Crippen LogP contribution in [0.3, 0.4) is 0 Å². The van der Waals surface area contributed by atoms with Crippen LogP contribution >= 0.6 is 33.9 Å². The Hall–Kier alpha value is -1.07. The molecule has 2 aromatic heterocycles. The zero-order valence-corrected chi connectivity index (χ0v) is 13.5. The second-order valence-corrected chi connectivity index (χ2v) is 6.90.